The second kappa shape index (κ2) is 9.01. The molecule has 1 aromatic carbocycles. The molecule has 1 saturated heterocycles. The molecule has 2 aliphatic rings. The van der Waals surface area contributed by atoms with E-state index in [1.165, 1.54) is 30.5 Å². The van der Waals surface area contributed by atoms with E-state index in [1.807, 2.05) is 0 Å². The summed E-state index contributed by atoms with van der Waals surface area (Å²) in [4.78, 5) is 26.4. The molecule has 0 bridgehead atoms. The predicted molar refractivity (Wildman–Crippen MR) is 106 cm³/mol. The summed E-state index contributed by atoms with van der Waals surface area (Å²) >= 11 is 4.88. The smallest absolute Gasteiger partial charge is 0.414 e. The summed E-state index contributed by atoms with van der Waals surface area (Å²) in [5.74, 6) is -1.08. The largest absolute Gasteiger partial charge is 0.474 e. The molecule has 1 atom stereocenters. The molecule has 12 heteroatoms. The van der Waals surface area contributed by atoms with Crippen LogP contribution in [0.5, 0.6) is 0 Å². The number of halogens is 1. The van der Waals surface area contributed by atoms with Gasteiger partial charge in [0.05, 0.1) is 38.1 Å². The first kappa shape index (κ1) is 20.7. The number of carbonyl (C=O) groups is 2. The standard InChI is InChI=1S/C17H20FN5O5S/c1-27-16(29)19-7-12-8-22(17(26)28-12)11-2-3-14(13(18)6-11)21-4-5-23(20-10-21)15(25)9-24/h2-3,6,10,12,24H,4-5,7-9H2,1H3,(H,19,29)/t12-/m0/s1. The number of benzene rings is 1. The third-order valence-corrected chi connectivity index (χ3v) is 4.70. The molecule has 0 radical (unpaired) electrons. The molecule has 1 fully saturated rings. The Morgan fingerprint density at radius 2 is 2.28 bits per heavy atom. The Labute approximate surface area is 171 Å². The number of hydrogen-bond donors (Lipinski definition) is 2. The highest BCUT2D eigenvalue weighted by Gasteiger charge is 2.33. The van der Waals surface area contributed by atoms with Gasteiger partial charge in [0.1, 0.15) is 24.9 Å². The van der Waals surface area contributed by atoms with Gasteiger partial charge in [-0.25, -0.2) is 14.2 Å². The van der Waals surface area contributed by atoms with E-state index in [1.54, 1.807) is 11.0 Å². The molecule has 3 rings (SSSR count). The number of anilines is 2. The molecule has 2 heterocycles. The molecule has 1 aromatic rings. The van der Waals surface area contributed by atoms with Crippen LogP contribution in [0.1, 0.15) is 0 Å². The highest BCUT2D eigenvalue weighted by Crippen LogP contribution is 2.28. The van der Waals surface area contributed by atoms with E-state index in [9.17, 15) is 14.0 Å². The van der Waals surface area contributed by atoms with E-state index in [0.717, 1.165) is 5.01 Å². The molecule has 0 saturated carbocycles. The average Bonchev–Trinajstić information content (AvgIpc) is 3.12. The second-order valence-corrected chi connectivity index (χ2v) is 6.59. The Bertz CT molecular complexity index is 838. The lowest BCUT2D eigenvalue weighted by Crippen LogP contribution is -2.42. The van der Waals surface area contributed by atoms with Crippen molar-refractivity contribution in [2.24, 2.45) is 5.10 Å². The van der Waals surface area contributed by atoms with Crippen LogP contribution in [0.3, 0.4) is 0 Å². The van der Waals surface area contributed by atoms with Crippen molar-refractivity contribution in [1.82, 2.24) is 10.3 Å². The minimum absolute atomic E-state index is 0.192. The summed E-state index contributed by atoms with van der Waals surface area (Å²) in [5, 5.41) is 16.9. The average molecular weight is 425 g/mol. The number of nitrogens with zero attached hydrogens (tertiary/aromatic N) is 4. The van der Waals surface area contributed by atoms with Gasteiger partial charge in [-0.1, -0.05) is 0 Å². The Hall–Kier alpha value is -2.99. The van der Waals surface area contributed by atoms with Crippen LogP contribution in [0, 0.1) is 5.82 Å². The van der Waals surface area contributed by atoms with Crippen LogP contribution in [0.25, 0.3) is 0 Å². The van der Waals surface area contributed by atoms with Crippen LogP contribution in [-0.2, 0) is 14.3 Å². The van der Waals surface area contributed by atoms with E-state index < -0.39 is 30.5 Å². The van der Waals surface area contributed by atoms with Crippen molar-refractivity contribution in [3.63, 3.8) is 0 Å². The lowest BCUT2D eigenvalue weighted by molar-refractivity contribution is -0.134. The molecule has 0 aromatic heterocycles. The Morgan fingerprint density at radius 3 is 2.90 bits per heavy atom. The number of nitrogens with one attached hydrogen (secondary N) is 1. The summed E-state index contributed by atoms with van der Waals surface area (Å²) < 4.78 is 24.8. The highest BCUT2D eigenvalue weighted by atomic mass is 32.1. The molecule has 156 valence electrons. The zero-order chi connectivity index (χ0) is 21.0. The van der Waals surface area contributed by atoms with Gasteiger partial charge >= 0.3 is 6.09 Å². The number of cyclic esters (lactones) is 1. The molecular formula is C17H20FN5O5S. The predicted octanol–water partition coefficient (Wildman–Crippen LogP) is 0.256. The molecule has 2 amide bonds. The third-order valence-electron chi connectivity index (χ3n) is 4.39. The van der Waals surface area contributed by atoms with Gasteiger partial charge in [-0.2, -0.15) is 5.10 Å². The van der Waals surface area contributed by atoms with Gasteiger partial charge in [0.2, 0.25) is 0 Å². The number of methoxy groups -OCH3 is 1. The summed E-state index contributed by atoms with van der Waals surface area (Å²) in [7, 11) is 1.43. The number of aliphatic hydroxyl groups excluding tert-OH is 1. The lowest BCUT2D eigenvalue weighted by Gasteiger charge is -2.28. The quantitative estimate of drug-likeness (QED) is 0.647. The van der Waals surface area contributed by atoms with Gasteiger partial charge in [-0.3, -0.25) is 9.69 Å². The van der Waals surface area contributed by atoms with E-state index in [0.29, 0.717) is 12.2 Å². The van der Waals surface area contributed by atoms with Crippen molar-refractivity contribution < 1.29 is 28.6 Å². The van der Waals surface area contributed by atoms with Crippen molar-refractivity contribution in [3.8, 4) is 0 Å². The van der Waals surface area contributed by atoms with Crippen molar-refractivity contribution in [1.29, 1.82) is 0 Å². The molecule has 2 N–H and O–H groups in total. The Balaban J connectivity index is 1.66. The maximum absolute atomic E-state index is 14.7. The minimum atomic E-state index is -0.639. The van der Waals surface area contributed by atoms with Gasteiger partial charge < -0.3 is 24.8 Å². The normalized spacial score (nSPS) is 18.7. The fraction of sp³-hybridized carbons (Fsp3) is 0.412. The fourth-order valence-corrected chi connectivity index (χ4v) is 2.98. The number of aliphatic hydroxyl groups is 1. The topological polar surface area (TPSA) is 107 Å². The molecule has 0 unspecified atom stereocenters. The summed E-state index contributed by atoms with van der Waals surface area (Å²) in [6, 6.07) is 4.37. The number of carbonyl (C=O) groups excluding carboxylic acids is 2. The van der Waals surface area contributed by atoms with Crippen LogP contribution in [-0.4, -0.2) is 79.6 Å². The fourth-order valence-electron chi connectivity index (χ4n) is 2.90. The number of rotatable bonds is 5. The van der Waals surface area contributed by atoms with E-state index >= 15 is 0 Å². The summed E-state index contributed by atoms with van der Waals surface area (Å²) in [6.07, 6.45) is 0.284. The van der Waals surface area contributed by atoms with Crippen LogP contribution < -0.4 is 15.1 Å². The molecular weight excluding hydrogens is 405 g/mol. The van der Waals surface area contributed by atoms with Crippen LogP contribution >= 0.6 is 12.2 Å². The number of amides is 2. The second-order valence-electron chi connectivity index (χ2n) is 6.22. The zero-order valence-electron chi connectivity index (χ0n) is 15.6. The summed E-state index contributed by atoms with van der Waals surface area (Å²) in [6.45, 7) is 0.404. The number of hydrogen-bond acceptors (Lipinski definition) is 8. The zero-order valence-corrected chi connectivity index (χ0v) is 16.4. The first-order valence-corrected chi connectivity index (χ1v) is 9.15. The van der Waals surface area contributed by atoms with Crippen molar-refractivity contribution in [3.05, 3.63) is 24.0 Å². The molecule has 29 heavy (non-hydrogen) atoms. The van der Waals surface area contributed by atoms with Gasteiger partial charge in [0.15, 0.2) is 0 Å². The number of thiocarbonyl (C=S) groups is 1. The SMILES string of the molecule is COC(=S)NC[C@H]1CN(c2ccc(N3C=NN(C(=O)CO)CC3)c(F)c2)C(=O)O1. The first-order valence-electron chi connectivity index (χ1n) is 8.74. The Morgan fingerprint density at radius 1 is 1.48 bits per heavy atom. The van der Waals surface area contributed by atoms with Crippen LogP contribution in [0.4, 0.5) is 20.6 Å². The molecule has 0 spiro atoms. The summed E-state index contributed by atoms with van der Waals surface area (Å²) in [5.41, 5.74) is 0.615. The van der Waals surface area contributed by atoms with Gasteiger partial charge in [-0.15, -0.1) is 0 Å². The van der Waals surface area contributed by atoms with E-state index in [-0.39, 0.29) is 30.5 Å². The lowest BCUT2D eigenvalue weighted by atomic mass is 10.2. The molecule has 0 aliphatic carbocycles. The van der Waals surface area contributed by atoms with Gasteiger partial charge in [0.25, 0.3) is 11.1 Å². The molecule has 2 aliphatic heterocycles. The monoisotopic (exact) mass is 425 g/mol. The van der Waals surface area contributed by atoms with Crippen molar-refractivity contribution in [2.45, 2.75) is 6.10 Å². The van der Waals surface area contributed by atoms with E-state index in [2.05, 4.69) is 10.4 Å². The van der Waals surface area contributed by atoms with E-state index in [4.69, 9.17) is 26.8 Å². The van der Waals surface area contributed by atoms with Gasteiger partial charge in [-0.05, 0) is 30.4 Å². The molecule has 10 nitrogen and oxygen atoms in total. The number of hydrazone groups is 1. The first-order chi connectivity index (χ1) is 13.9. The maximum atomic E-state index is 14.7. The highest BCUT2D eigenvalue weighted by molar-refractivity contribution is 7.80. The number of ether oxygens (including phenoxy) is 2. The van der Waals surface area contributed by atoms with Crippen LogP contribution in [0.2, 0.25) is 0 Å². The minimum Gasteiger partial charge on any atom is -0.474 e. The maximum Gasteiger partial charge on any atom is 0.414 e. The Kier molecular flexibility index (Phi) is 6.44. The van der Waals surface area contributed by atoms with Crippen molar-refractivity contribution >= 4 is 47.1 Å². The van der Waals surface area contributed by atoms with Crippen molar-refractivity contribution in [2.75, 3.05) is 49.7 Å². The van der Waals surface area contributed by atoms with Crippen LogP contribution in [0.15, 0.2) is 23.3 Å². The third kappa shape index (κ3) is 4.71. The van der Waals surface area contributed by atoms with Gasteiger partial charge in [0, 0.05) is 6.54 Å².